The van der Waals surface area contributed by atoms with Crippen molar-refractivity contribution in [3.63, 3.8) is 0 Å². The van der Waals surface area contributed by atoms with Crippen LogP contribution >= 0.6 is 0 Å². The Hall–Kier alpha value is -2.21. The molecule has 0 atom stereocenters. The summed E-state index contributed by atoms with van der Waals surface area (Å²) < 4.78 is 1.80. The van der Waals surface area contributed by atoms with Gasteiger partial charge in [0.2, 0.25) is 5.91 Å². The number of hydrogen-bond acceptors (Lipinski definition) is 4. The summed E-state index contributed by atoms with van der Waals surface area (Å²) in [6.45, 7) is 3.91. The van der Waals surface area contributed by atoms with Gasteiger partial charge in [-0.05, 0) is 26.0 Å². The van der Waals surface area contributed by atoms with Crippen LogP contribution in [-0.4, -0.2) is 27.2 Å². The van der Waals surface area contributed by atoms with E-state index in [4.69, 9.17) is 5.73 Å². The summed E-state index contributed by atoms with van der Waals surface area (Å²) in [6.07, 6.45) is 1.62. The predicted molar refractivity (Wildman–Crippen MR) is 77.9 cm³/mol. The average molecular weight is 273 g/mol. The van der Waals surface area contributed by atoms with E-state index in [9.17, 15) is 4.79 Å². The van der Waals surface area contributed by atoms with Crippen LogP contribution in [0, 0.1) is 5.41 Å². The molecule has 106 valence electrons. The molecule has 20 heavy (non-hydrogen) atoms. The maximum Gasteiger partial charge on any atom is 0.231 e. The summed E-state index contributed by atoms with van der Waals surface area (Å²) in [5, 5.41) is 10.9. The number of benzene rings is 1. The van der Waals surface area contributed by atoms with Crippen molar-refractivity contribution in [2.24, 2.45) is 18.2 Å². The van der Waals surface area contributed by atoms with Crippen molar-refractivity contribution in [3.8, 4) is 11.4 Å². The van der Waals surface area contributed by atoms with Crippen molar-refractivity contribution in [1.29, 1.82) is 0 Å². The molecule has 0 bridgehead atoms. The fraction of sp³-hybridized carbons (Fsp3) is 0.357. The van der Waals surface area contributed by atoms with Crippen LogP contribution in [0.2, 0.25) is 0 Å². The van der Waals surface area contributed by atoms with Crippen molar-refractivity contribution in [1.82, 2.24) is 14.8 Å². The van der Waals surface area contributed by atoms with Crippen LogP contribution in [0.1, 0.15) is 13.8 Å². The Kier molecular flexibility index (Phi) is 3.85. The molecule has 0 aliphatic rings. The predicted octanol–water partition coefficient (Wildman–Crippen LogP) is 1.41. The SMILES string of the molecule is Cn1cnnc1-c1ccccc1NC(=O)C(C)(C)CN. The molecule has 2 aromatic rings. The molecule has 1 amide bonds. The van der Waals surface area contributed by atoms with Gasteiger partial charge in [0.15, 0.2) is 5.82 Å². The largest absolute Gasteiger partial charge is 0.329 e. The van der Waals surface area contributed by atoms with E-state index in [-0.39, 0.29) is 12.5 Å². The highest BCUT2D eigenvalue weighted by molar-refractivity contribution is 5.98. The van der Waals surface area contributed by atoms with E-state index in [1.165, 1.54) is 0 Å². The van der Waals surface area contributed by atoms with Crippen LogP contribution in [0.25, 0.3) is 11.4 Å². The fourth-order valence-electron chi connectivity index (χ4n) is 1.70. The highest BCUT2D eigenvalue weighted by atomic mass is 16.2. The van der Waals surface area contributed by atoms with Crippen LogP contribution in [0.4, 0.5) is 5.69 Å². The van der Waals surface area contributed by atoms with E-state index in [1.54, 1.807) is 10.9 Å². The zero-order valence-electron chi connectivity index (χ0n) is 11.9. The lowest BCUT2D eigenvalue weighted by atomic mass is 9.92. The lowest BCUT2D eigenvalue weighted by Gasteiger charge is -2.22. The molecular formula is C14H19N5O. The normalized spacial score (nSPS) is 11.4. The van der Waals surface area contributed by atoms with Gasteiger partial charge in [0.05, 0.1) is 11.1 Å². The summed E-state index contributed by atoms with van der Waals surface area (Å²) in [4.78, 5) is 12.2. The van der Waals surface area contributed by atoms with Crippen LogP contribution in [0.5, 0.6) is 0 Å². The molecule has 1 aromatic carbocycles. The third kappa shape index (κ3) is 2.70. The molecule has 2 rings (SSSR count). The number of nitrogens with two attached hydrogens (primary N) is 1. The minimum Gasteiger partial charge on any atom is -0.329 e. The highest BCUT2D eigenvalue weighted by Crippen LogP contribution is 2.27. The lowest BCUT2D eigenvalue weighted by Crippen LogP contribution is -2.37. The number of hydrogen-bond donors (Lipinski definition) is 2. The van der Waals surface area contributed by atoms with Crippen LogP contribution in [0.3, 0.4) is 0 Å². The first-order valence-corrected chi connectivity index (χ1v) is 6.40. The molecule has 0 saturated heterocycles. The van der Waals surface area contributed by atoms with Crippen molar-refractivity contribution >= 4 is 11.6 Å². The van der Waals surface area contributed by atoms with Gasteiger partial charge in [0.1, 0.15) is 6.33 Å². The Morgan fingerprint density at radius 2 is 2.10 bits per heavy atom. The zero-order valence-corrected chi connectivity index (χ0v) is 11.9. The number of amides is 1. The monoisotopic (exact) mass is 273 g/mol. The number of anilines is 1. The molecule has 0 aliphatic carbocycles. The number of para-hydroxylation sites is 1. The molecule has 0 saturated carbocycles. The second kappa shape index (κ2) is 5.42. The molecule has 0 spiro atoms. The first kappa shape index (κ1) is 14.2. The number of aromatic nitrogens is 3. The summed E-state index contributed by atoms with van der Waals surface area (Å²) in [6, 6.07) is 7.50. The number of nitrogens with zero attached hydrogens (tertiary/aromatic N) is 3. The van der Waals surface area contributed by atoms with Crippen LogP contribution in [-0.2, 0) is 11.8 Å². The fourth-order valence-corrected chi connectivity index (χ4v) is 1.70. The van der Waals surface area contributed by atoms with Gasteiger partial charge in [-0.1, -0.05) is 12.1 Å². The van der Waals surface area contributed by atoms with Crippen molar-refractivity contribution < 1.29 is 4.79 Å². The van der Waals surface area contributed by atoms with Crippen molar-refractivity contribution in [2.45, 2.75) is 13.8 Å². The Morgan fingerprint density at radius 1 is 1.40 bits per heavy atom. The first-order valence-electron chi connectivity index (χ1n) is 6.40. The quantitative estimate of drug-likeness (QED) is 0.881. The van der Waals surface area contributed by atoms with Gasteiger partial charge in [-0.2, -0.15) is 0 Å². The summed E-state index contributed by atoms with van der Waals surface area (Å²) in [7, 11) is 1.86. The molecular weight excluding hydrogens is 254 g/mol. The first-order chi connectivity index (χ1) is 9.45. The van der Waals surface area contributed by atoms with Crippen LogP contribution < -0.4 is 11.1 Å². The number of rotatable bonds is 4. The van der Waals surface area contributed by atoms with Gasteiger partial charge >= 0.3 is 0 Å². The number of carbonyl (C=O) groups excluding carboxylic acids is 1. The lowest BCUT2D eigenvalue weighted by molar-refractivity contribution is -0.123. The molecule has 6 heteroatoms. The van der Waals surface area contributed by atoms with Gasteiger partial charge in [0, 0.05) is 19.2 Å². The third-order valence-electron chi connectivity index (χ3n) is 3.25. The number of aryl methyl sites for hydroxylation is 1. The zero-order chi connectivity index (χ0) is 14.8. The summed E-state index contributed by atoms with van der Waals surface area (Å²) >= 11 is 0. The molecule has 3 N–H and O–H groups in total. The summed E-state index contributed by atoms with van der Waals surface area (Å²) in [5.74, 6) is 0.584. The smallest absolute Gasteiger partial charge is 0.231 e. The molecule has 1 aromatic heterocycles. The Labute approximate surface area is 118 Å². The second-order valence-corrected chi connectivity index (χ2v) is 5.35. The van der Waals surface area contributed by atoms with E-state index in [0.717, 1.165) is 5.56 Å². The van der Waals surface area contributed by atoms with E-state index in [1.807, 2.05) is 45.2 Å². The highest BCUT2D eigenvalue weighted by Gasteiger charge is 2.26. The number of carbonyl (C=O) groups is 1. The van der Waals surface area contributed by atoms with Crippen LogP contribution in [0.15, 0.2) is 30.6 Å². The van der Waals surface area contributed by atoms with E-state index in [0.29, 0.717) is 11.5 Å². The molecule has 0 radical (unpaired) electrons. The Morgan fingerprint density at radius 3 is 2.70 bits per heavy atom. The van der Waals surface area contributed by atoms with Gasteiger partial charge < -0.3 is 15.6 Å². The van der Waals surface area contributed by atoms with E-state index < -0.39 is 5.41 Å². The minimum atomic E-state index is -0.618. The molecule has 6 nitrogen and oxygen atoms in total. The van der Waals surface area contributed by atoms with Gasteiger partial charge in [0.25, 0.3) is 0 Å². The van der Waals surface area contributed by atoms with E-state index >= 15 is 0 Å². The molecule has 0 fully saturated rings. The molecule has 0 aliphatic heterocycles. The van der Waals surface area contributed by atoms with E-state index in [2.05, 4.69) is 15.5 Å². The standard InChI is InChI=1S/C14H19N5O/c1-14(2,8-15)13(20)17-11-7-5-4-6-10(11)12-18-16-9-19(12)3/h4-7,9H,8,15H2,1-3H3,(H,17,20). The third-order valence-corrected chi connectivity index (χ3v) is 3.25. The number of nitrogens with one attached hydrogen (secondary N) is 1. The Balaban J connectivity index is 2.35. The maximum absolute atomic E-state index is 12.2. The van der Waals surface area contributed by atoms with Crippen molar-refractivity contribution in [2.75, 3.05) is 11.9 Å². The second-order valence-electron chi connectivity index (χ2n) is 5.35. The topological polar surface area (TPSA) is 85.8 Å². The average Bonchev–Trinajstić information content (AvgIpc) is 2.85. The minimum absolute atomic E-state index is 0.116. The summed E-state index contributed by atoms with van der Waals surface area (Å²) in [5.41, 5.74) is 6.54. The van der Waals surface area contributed by atoms with Crippen molar-refractivity contribution in [3.05, 3.63) is 30.6 Å². The maximum atomic E-state index is 12.2. The molecule has 0 unspecified atom stereocenters. The van der Waals surface area contributed by atoms with Gasteiger partial charge in [-0.3, -0.25) is 4.79 Å². The van der Waals surface area contributed by atoms with Gasteiger partial charge in [-0.15, -0.1) is 10.2 Å². The van der Waals surface area contributed by atoms with Gasteiger partial charge in [-0.25, -0.2) is 0 Å². The Bertz CT molecular complexity index is 618. The molecule has 1 heterocycles.